The Morgan fingerprint density at radius 2 is 2.11 bits per heavy atom. The molecule has 8 heteroatoms. The Balaban J connectivity index is 1.65. The van der Waals surface area contributed by atoms with Gasteiger partial charge in [-0.2, -0.15) is 10.1 Å². The number of hydrogen-bond donors (Lipinski definition) is 1. The van der Waals surface area contributed by atoms with E-state index in [1.54, 1.807) is 18.2 Å². The topological polar surface area (TPSA) is 80.2 Å². The highest BCUT2D eigenvalue weighted by atomic mass is 35.5. The summed E-state index contributed by atoms with van der Waals surface area (Å²) in [6.07, 6.45) is 2.43. The number of aromatic nitrogens is 3. The summed E-state index contributed by atoms with van der Waals surface area (Å²) < 4.78 is 4.76. The van der Waals surface area contributed by atoms with Crippen LogP contribution in [0.5, 0.6) is 0 Å². The van der Waals surface area contributed by atoms with Gasteiger partial charge in [0.1, 0.15) is 0 Å². The Labute approximate surface area is 167 Å². The summed E-state index contributed by atoms with van der Waals surface area (Å²) in [7, 11) is 1.33. The summed E-state index contributed by atoms with van der Waals surface area (Å²) in [6.45, 7) is 2.13. The van der Waals surface area contributed by atoms with E-state index in [1.807, 2.05) is 12.1 Å². The van der Waals surface area contributed by atoms with E-state index in [-0.39, 0.29) is 6.04 Å². The molecule has 0 amide bonds. The van der Waals surface area contributed by atoms with Crippen LogP contribution in [0.3, 0.4) is 0 Å². The van der Waals surface area contributed by atoms with Crippen LogP contribution in [0.4, 0.5) is 23.1 Å². The van der Waals surface area contributed by atoms with Crippen LogP contribution in [0.1, 0.15) is 22.8 Å². The number of halogens is 1. The average molecular weight is 396 g/mol. The van der Waals surface area contributed by atoms with E-state index in [9.17, 15) is 4.79 Å². The van der Waals surface area contributed by atoms with Crippen molar-refractivity contribution in [1.82, 2.24) is 15.2 Å². The van der Waals surface area contributed by atoms with Crippen LogP contribution >= 0.6 is 11.6 Å². The zero-order valence-corrected chi connectivity index (χ0v) is 16.1. The van der Waals surface area contributed by atoms with Crippen molar-refractivity contribution in [3.8, 4) is 0 Å². The number of anilines is 4. The molecule has 1 atom stereocenters. The first-order valence-electron chi connectivity index (χ1n) is 8.78. The van der Waals surface area contributed by atoms with E-state index < -0.39 is 5.97 Å². The first-order chi connectivity index (χ1) is 13.6. The van der Waals surface area contributed by atoms with Crippen molar-refractivity contribution in [3.63, 3.8) is 0 Å². The Kier molecular flexibility index (Phi) is 4.83. The van der Waals surface area contributed by atoms with Gasteiger partial charge in [-0.3, -0.25) is 0 Å². The van der Waals surface area contributed by atoms with Gasteiger partial charge in [-0.25, -0.2) is 4.79 Å². The fourth-order valence-corrected chi connectivity index (χ4v) is 3.50. The molecular weight excluding hydrogens is 378 g/mol. The molecule has 1 unspecified atom stereocenters. The molecule has 0 fully saturated rings. The molecule has 4 rings (SSSR count). The zero-order valence-electron chi connectivity index (χ0n) is 15.4. The summed E-state index contributed by atoms with van der Waals surface area (Å²) in [5.74, 6) is 0.539. The van der Waals surface area contributed by atoms with Gasteiger partial charge in [-0.1, -0.05) is 29.8 Å². The lowest BCUT2D eigenvalue weighted by molar-refractivity contribution is 0.0601. The van der Waals surface area contributed by atoms with Gasteiger partial charge in [-0.05, 0) is 43.2 Å². The van der Waals surface area contributed by atoms with E-state index >= 15 is 0 Å². The standard InChI is InChI=1S/C20H18ClN5O2/c1-12-9-13-5-3-4-6-17(13)26(12)20-24-18(11-22-25-20)23-16-10-14(19(27)28-2)7-8-15(16)21/h3-8,10-12H,9H2,1-2H3,(H,23,24,25). The summed E-state index contributed by atoms with van der Waals surface area (Å²) in [5, 5.41) is 11.9. The number of benzene rings is 2. The molecule has 0 saturated carbocycles. The molecule has 142 valence electrons. The molecule has 0 spiro atoms. The van der Waals surface area contributed by atoms with Crippen LogP contribution in [0.25, 0.3) is 0 Å². The number of nitrogens with zero attached hydrogens (tertiary/aromatic N) is 4. The zero-order chi connectivity index (χ0) is 19.7. The SMILES string of the molecule is COC(=O)c1ccc(Cl)c(Nc2cnnc(N3c4ccccc4CC3C)n2)c1. The van der Waals surface area contributed by atoms with Gasteiger partial charge in [0.25, 0.3) is 5.95 Å². The summed E-state index contributed by atoms with van der Waals surface area (Å²) in [5.41, 5.74) is 3.26. The lowest BCUT2D eigenvalue weighted by atomic mass is 10.1. The van der Waals surface area contributed by atoms with Crippen LogP contribution in [-0.4, -0.2) is 34.3 Å². The van der Waals surface area contributed by atoms with E-state index in [4.69, 9.17) is 16.3 Å². The van der Waals surface area contributed by atoms with Crippen LogP contribution < -0.4 is 10.2 Å². The number of methoxy groups -OCH3 is 1. The maximum absolute atomic E-state index is 11.8. The van der Waals surface area contributed by atoms with Gasteiger partial charge in [0.15, 0.2) is 5.82 Å². The van der Waals surface area contributed by atoms with Gasteiger partial charge in [0, 0.05) is 11.7 Å². The second-order valence-electron chi connectivity index (χ2n) is 6.50. The van der Waals surface area contributed by atoms with Crippen molar-refractivity contribution in [2.24, 2.45) is 0 Å². The summed E-state index contributed by atoms with van der Waals surface area (Å²) in [6, 6.07) is 13.3. The lowest BCUT2D eigenvalue weighted by Crippen LogP contribution is -2.26. The number of carbonyl (C=O) groups excluding carboxylic acids is 1. The fraction of sp³-hybridized carbons (Fsp3) is 0.200. The van der Waals surface area contributed by atoms with Crippen molar-refractivity contribution in [2.75, 3.05) is 17.3 Å². The maximum atomic E-state index is 11.8. The van der Waals surface area contributed by atoms with Crippen LogP contribution in [0, 0.1) is 0 Å². The molecule has 0 aliphatic carbocycles. The molecule has 1 N–H and O–H groups in total. The Bertz CT molecular complexity index is 1040. The minimum atomic E-state index is -0.441. The quantitative estimate of drug-likeness (QED) is 0.665. The van der Waals surface area contributed by atoms with E-state index in [2.05, 4.69) is 44.5 Å². The number of ether oxygens (including phenoxy) is 1. The van der Waals surface area contributed by atoms with Crippen molar-refractivity contribution >= 4 is 40.7 Å². The Hall–Kier alpha value is -3.19. The molecule has 0 saturated heterocycles. The molecule has 1 aromatic heterocycles. The third-order valence-electron chi connectivity index (χ3n) is 4.62. The molecular formula is C20H18ClN5O2. The molecule has 7 nitrogen and oxygen atoms in total. The number of rotatable bonds is 4. The van der Waals surface area contributed by atoms with Crippen LogP contribution in [-0.2, 0) is 11.2 Å². The first-order valence-corrected chi connectivity index (χ1v) is 9.16. The molecule has 0 bridgehead atoms. The summed E-state index contributed by atoms with van der Waals surface area (Å²) in [4.78, 5) is 18.4. The normalized spacial score (nSPS) is 15.2. The highest BCUT2D eigenvalue weighted by Crippen LogP contribution is 2.36. The number of para-hydroxylation sites is 1. The van der Waals surface area contributed by atoms with Crippen molar-refractivity contribution in [2.45, 2.75) is 19.4 Å². The second-order valence-corrected chi connectivity index (χ2v) is 6.91. The third kappa shape index (κ3) is 3.36. The van der Waals surface area contributed by atoms with Gasteiger partial charge < -0.3 is 15.0 Å². The fourth-order valence-electron chi connectivity index (χ4n) is 3.33. The van der Waals surface area contributed by atoms with Gasteiger partial charge in [-0.15, -0.1) is 5.10 Å². The lowest BCUT2D eigenvalue weighted by Gasteiger charge is -2.22. The average Bonchev–Trinajstić information content (AvgIpc) is 3.05. The number of esters is 1. The maximum Gasteiger partial charge on any atom is 0.337 e. The Morgan fingerprint density at radius 1 is 1.29 bits per heavy atom. The molecule has 0 radical (unpaired) electrons. The third-order valence-corrected chi connectivity index (χ3v) is 4.95. The molecule has 1 aliphatic rings. The molecule has 3 aromatic rings. The number of carbonyl (C=O) groups is 1. The predicted octanol–water partition coefficient (Wildman–Crippen LogP) is 4.14. The van der Waals surface area contributed by atoms with E-state index in [0.717, 1.165) is 12.1 Å². The van der Waals surface area contributed by atoms with E-state index in [0.29, 0.717) is 28.0 Å². The van der Waals surface area contributed by atoms with Gasteiger partial charge >= 0.3 is 5.97 Å². The summed E-state index contributed by atoms with van der Waals surface area (Å²) >= 11 is 6.26. The smallest absolute Gasteiger partial charge is 0.337 e. The molecule has 2 aromatic carbocycles. The minimum absolute atomic E-state index is 0.223. The van der Waals surface area contributed by atoms with E-state index in [1.165, 1.54) is 18.9 Å². The Morgan fingerprint density at radius 3 is 2.93 bits per heavy atom. The highest BCUT2D eigenvalue weighted by molar-refractivity contribution is 6.33. The number of fused-ring (bicyclic) bond motifs is 1. The first kappa shape index (κ1) is 18.2. The van der Waals surface area contributed by atoms with Gasteiger partial charge in [0.05, 0.1) is 29.6 Å². The van der Waals surface area contributed by atoms with Crippen molar-refractivity contribution in [1.29, 1.82) is 0 Å². The monoisotopic (exact) mass is 395 g/mol. The van der Waals surface area contributed by atoms with Crippen molar-refractivity contribution in [3.05, 3.63) is 64.8 Å². The highest BCUT2D eigenvalue weighted by Gasteiger charge is 2.29. The number of hydrogen-bond acceptors (Lipinski definition) is 7. The molecule has 28 heavy (non-hydrogen) atoms. The largest absolute Gasteiger partial charge is 0.465 e. The van der Waals surface area contributed by atoms with Gasteiger partial charge in [0.2, 0.25) is 0 Å². The number of nitrogens with one attached hydrogen (secondary N) is 1. The van der Waals surface area contributed by atoms with Crippen LogP contribution in [0.15, 0.2) is 48.7 Å². The molecule has 2 heterocycles. The second kappa shape index (κ2) is 7.44. The van der Waals surface area contributed by atoms with Crippen molar-refractivity contribution < 1.29 is 9.53 Å². The predicted molar refractivity (Wildman–Crippen MR) is 108 cm³/mol. The van der Waals surface area contributed by atoms with Crippen LogP contribution in [0.2, 0.25) is 5.02 Å². The molecule has 1 aliphatic heterocycles. The minimum Gasteiger partial charge on any atom is -0.465 e.